The van der Waals surface area contributed by atoms with E-state index in [0.717, 1.165) is 11.1 Å². The predicted octanol–water partition coefficient (Wildman–Crippen LogP) is 2.44. The first-order chi connectivity index (χ1) is 17.5. The SMILES string of the molecule is CCOc1cc2c(cc1C(=O)NC[C@@H](O)[C@@H]1Cc3ccccc3CN1)CN(Cc1cccnc1)C2=O. The molecule has 2 atom stereocenters. The number of aliphatic hydroxyl groups excluding tert-OH is 1. The van der Waals surface area contributed by atoms with Gasteiger partial charge in [0.15, 0.2) is 0 Å². The van der Waals surface area contributed by atoms with Crippen LogP contribution in [0.1, 0.15) is 49.9 Å². The van der Waals surface area contributed by atoms with Crippen molar-refractivity contribution < 1.29 is 19.4 Å². The second kappa shape index (κ2) is 10.5. The maximum Gasteiger partial charge on any atom is 0.255 e. The Hall–Kier alpha value is -3.75. The third kappa shape index (κ3) is 4.96. The molecule has 0 unspecified atom stereocenters. The van der Waals surface area contributed by atoms with Crippen LogP contribution >= 0.6 is 0 Å². The van der Waals surface area contributed by atoms with Crippen molar-refractivity contribution in [2.24, 2.45) is 0 Å². The number of ether oxygens (including phenoxy) is 1. The number of aliphatic hydroxyl groups is 1. The molecule has 8 heteroatoms. The molecule has 36 heavy (non-hydrogen) atoms. The number of nitrogens with one attached hydrogen (secondary N) is 2. The Morgan fingerprint density at radius 3 is 2.83 bits per heavy atom. The molecule has 0 saturated heterocycles. The smallest absolute Gasteiger partial charge is 0.255 e. The number of aromatic nitrogens is 1. The fourth-order valence-electron chi connectivity index (χ4n) is 4.88. The summed E-state index contributed by atoms with van der Waals surface area (Å²) in [5, 5.41) is 17.0. The summed E-state index contributed by atoms with van der Waals surface area (Å²) in [4.78, 5) is 32.0. The number of rotatable bonds is 8. The van der Waals surface area contributed by atoms with Crippen LogP contribution in [0.3, 0.4) is 0 Å². The van der Waals surface area contributed by atoms with E-state index >= 15 is 0 Å². The van der Waals surface area contributed by atoms with Crippen LogP contribution in [0.4, 0.5) is 0 Å². The molecule has 186 valence electrons. The molecule has 2 amide bonds. The van der Waals surface area contributed by atoms with Crippen molar-refractivity contribution in [3.8, 4) is 5.75 Å². The van der Waals surface area contributed by atoms with Gasteiger partial charge in [-0.1, -0.05) is 30.3 Å². The van der Waals surface area contributed by atoms with Gasteiger partial charge in [0, 0.05) is 50.2 Å². The van der Waals surface area contributed by atoms with Crippen molar-refractivity contribution in [3.05, 3.63) is 94.3 Å². The van der Waals surface area contributed by atoms with E-state index in [1.807, 2.05) is 31.2 Å². The molecule has 0 bridgehead atoms. The van der Waals surface area contributed by atoms with Crippen molar-refractivity contribution in [3.63, 3.8) is 0 Å². The molecule has 1 aromatic heterocycles. The average molecular weight is 487 g/mol. The van der Waals surface area contributed by atoms with Gasteiger partial charge in [-0.15, -0.1) is 0 Å². The van der Waals surface area contributed by atoms with Crippen molar-refractivity contribution in [1.29, 1.82) is 0 Å². The van der Waals surface area contributed by atoms with Crippen LogP contribution in [0.2, 0.25) is 0 Å². The number of hydrogen-bond donors (Lipinski definition) is 3. The van der Waals surface area contributed by atoms with Crippen LogP contribution in [-0.2, 0) is 26.1 Å². The van der Waals surface area contributed by atoms with Gasteiger partial charge < -0.3 is 25.4 Å². The van der Waals surface area contributed by atoms with E-state index in [0.29, 0.717) is 49.5 Å². The second-order valence-electron chi connectivity index (χ2n) is 9.20. The van der Waals surface area contributed by atoms with Crippen molar-refractivity contribution in [2.75, 3.05) is 13.2 Å². The number of carbonyl (C=O) groups is 2. The van der Waals surface area contributed by atoms with Gasteiger partial charge >= 0.3 is 0 Å². The molecular formula is C28H30N4O4. The first-order valence-corrected chi connectivity index (χ1v) is 12.3. The summed E-state index contributed by atoms with van der Waals surface area (Å²) >= 11 is 0. The Labute approximate surface area is 210 Å². The zero-order valence-electron chi connectivity index (χ0n) is 20.2. The summed E-state index contributed by atoms with van der Waals surface area (Å²) in [6.45, 7) is 3.84. The molecule has 0 radical (unpaired) electrons. The minimum absolute atomic E-state index is 0.0964. The number of pyridine rings is 1. The van der Waals surface area contributed by atoms with Crippen LogP contribution in [0.5, 0.6) is 5.75 Å². The fraction of sp³-hybridized carbons (Fsp3) is 0.321. The van der Waals surface area contributed by atoms with E-state index in [1.54, 1.807) is 29.4 Å². The molecular weight excluding hydrogens is 456 g/mol. The molecule has 2 aliphatic rings. The molecule has 0 spiro atoms. The number of amides is 2. The molecule has 8 nitrogen and oxygen atoms in total. The molecule has 0 fully saturated rings. The zero-order chi connectivity index (χ0) is 25.1. The molecule has 5 rings (SSSR count). The topological polar surface area (TPSA) is 104 Å². The first kappa shape index (κ1) is 24.0. The van der Waals surface area contributed by atoms with Crippen molar-refractivity contribution in [2.45, 2.75) is 45.1 Å². The second-order valence-corrected chi connectivity index (χ2v) is 9.20. The Balaban J connectivity index is 1.27. The lowest BCUT2D eigenvalue weighted by Gasteiger charge is -2.30. The average Bonchev–Trinajstić information content (AvgIpc) is 3.21. The molecule has 0 aliphatic carbocycles. The Bertz CT molecular complexity index is 1260. The standard InChI is InChI=1S/C28H30N4O4/c1-2-36-26-12-22-21(17-32(28(22)35)16-18-6-5-9-29-13-18)10-23(26)27(34)31-15-25(33)24-11-19-7-3-4-8-20(19)14-30-24/h3-10,12-13,24-25,30,33H,2,11,14-17H2,1H3,(H,31,34)/t24-,25+/m0/s1. The summed E-state index contributed by atoms with van der Waals surface area (Å²) in [7, 11) is 0. The molecule has 3 heterocycles. The first-order valence-electron chi connectivity index (χ1n) is 12.3. The number of nitrogens with zero attached hydrogens (tertiary/aromatic N) is 2. The van der Waals surface area contributed by atoms with E-state index in [-0.39, 0.29) is 24.4 Å². The number of fused-ring (bicyclic) bond motifs is 2. The normalized spacial score (nSPS) is 17.3. The molecule has 0 saturated carbocycles. The third-order valence-electron chi connectivity index (χ3n) is 6.77. The van der Waals surface area contributed by atoms with Gasteiger partial charge in [-0.3, -0.25) is 14.6 Å². The van der Waals surface area contributed by atoms with Crippen molar-refractivity contribution >= 4 is 11.8 Å². The minimum atomic E-state index is -0.746. The van der Waals surface area contributed by atoms with Crippen LogP contribution in [-0.4, -0.2) is 52.1 Å². The van der Waals surface area contributed by atoms with Gasteiger partial charge in [0.2, 0.25) is 0 Å². The highest BCUT2D eigenvalue weighted by Crippen LogP contribution is 2.31. The highest BCUT2D eigenvalue weighted by Gasteiger charge is 2.31. The van der Waals surface area contributed by atoms with Gasteiger partial charge in [0.1, 0.15) is 5.75 Å². The molecule has 2 aromatic carbocycles. The maximum atomic E-state index is 13.2. The predicted molar refractivity (Wildman–Crippen MR) is 135 cm³/mol. The van der Waals surface area contributed by atoms with Gasteiger partial charge in [-0.2, -0.15) is 0 Å². The quantitative estimate of drug-likeness (QED) is 0.452. The summed E-state index contributed by atoms with van der Waals surface area (Å²) in [5.41, 5.74) is 5.07. The van der Waals surface area contributed by atoms with Gasteiger partial charge in [0.25, 0.3) is 11.8 Å². The molecule has 2 aliphatic heterocycles. The maximum absolute atomic E-state index is 13.2. The minimum Gasteiger partial charge on any atom is -0.493 e. The summed E-state index contributed by atoms with van der Waals surface area (Å²) in [6.07, 6.45) is 3.39. The van der Waals surface area contributed by atoms with E-state index < -0.39 is 6.10 Å². The Morgan fingerprint density at radius 1 is 1.22 bits per heavy atom. The van der Waals surface area contributed by atoms with Crippen LogP contribution in [0.25, 0.3) is 0 Å². The Kier molecular flexibility index (Phi) is 6.97. The monoisotopic (exact) mass is 486 g/mol. The highest BCUT2D eigenvalue weighted by molar-refractivity contribution is 6.03. The van der Waals surface area contributed by atoms with Crippen LogP contribution in [0, 0.1) is 0 Å². The van der Waals surface area contributed by atoms with E-state index in [9.17, 15) is 14.7 Å². The van der Waals surface area contributed by atoms with Gasteiger partial charge in [-0.25, -0.2) is 0 Å². The third-order valence-corrected chi connectivity index (χ3v) is 6.77. The molecule has 3 aromatic rings. The van der Waals surface area contributed by atoms with Crippen LogP contribution < -0.4 is 15.4 Å². The Morgan fingerprint density at radius 2 is 2.06 bits per heavy atom. The highest BCUT2D eigenvalue weighted by atomic mass is 16.5. The molecule has 3 N–H and O–H groups in total. The number of hydrogen-bond acceptors (Lipinski definition) is 6. The van der Waals surface area contributed by atoms with Gasteiger partial charge in [-0.05, 0) is 53.8 Å². The summed E-state index contributed by atoms with van der Waals surface area (Å²) in [6, 6.07) is 15.2. The summed E-state index contributed by atoms with van der Waals surface area (Å²) in [5.74, 6) is -0.0694. The van der Waals surface area contributed by atoms with Gasteiger partial charge in [0.05, 0.1) is 18.3 Å². The number of carbonyl (C=O) groups excluding carboxylic acids is 2. The van der Waals surface area contributed by atoms with Crippen molar-refractivity contribution in [1.82, 2.24) is 20.5 Å². The zero-order valence-corrected chi connectivity index (χ0v) is 20.2. The lowest BCUT2D eigenvalue weighted by Crippen LogP contribution is -2.49. The van der Waals surface area contributed by atoms with Crippen LogP contribution in [0.15, 0.2) is 60.9 Å². The lowest BCUT2D eigenvalue weighted by atomic mass is 9.93. The fourth-order valence-corrected chi connectivity index (χ4v) is 4.88. The van der Waals surface area contributed by atoms with E-state index in [2.05, 4.69) is 27.8 Å². The van der Waals surface area contributed by atoms with E-state index in [1.165, 1.54) is 11.1 Å². The van der Waals surface area contributed by atoms with E-state index in [4.69, 9.17) is 4.74 Å². The summed E-state index contributed by atoms with van der Waals surface area (Å²) < 4.78 is 5.73. The lowest BCUT2D eigenvalue weighted by molar-refractivity contribution is 0.0766. The number of benzene rings is 2. The largest absolute Gasteiger partial charge is 0.493 e.